The Labute approximate surface area is 143 Å². The van der Waals surface area contributed by atoms with Crippen molar-refractivity contribution in [2.75, 3.05) is 14.2 Å². The molecule has 0 fully saturated rings. The molecule has 1 unspecified atom stereocenters. The SMILES string of the molecule is COc1ccc(C(C)NC(=O)c2ccccc2C(F)(F)F)c(OC)c1. The quantitative estimate of drug-likeness (QED) is 0.876. The van der Waals surface area contributed by atoms with Gasteiger partial charge in [-0.15, -0.1) is 0 Å². The van der Waals surface area contributed by atoms with Gasteiger partial charge in [0.25, 0.3) is 5.91 Å². The lowest BCUT2D eigenvalue weighted by Gasteiger charge is -2.19. The van der Waals surface area contributed by atoms with Crippen molar-refractivity contribution in [3.8, 4) is 11.5 Å². The zero-order valence-electron chi connectivity index (χ0n) is 14.0. The molecule has 0 aromatic heterocycles. The number of rotatable bonds is 5. The summed E-state index contributed by atoms with van der Waals surface area (Å²) in [5, 5.41) is 2.58. The van der Waals surface area contributed by atoms with Crippen LogP contribution in [0.15, 0.2) is 42.5 Å². The Morgan fingerprint density at radius 3 is 2.36 bits per heavy atom. The van der Waals surface area contributed by atoms with E-state index < -0.39 is 29.3 Å². The molecule has 2 rings (SSSR count). The highest BCUT2D eigenvalue weighted by molar-refractivity contribution is 5.96. The Kier molecular flexibility index (Phi) is 5.56. The van der Waals surface area contributed by atoms with Crippen molar-refractivity contribution in [3.63, 3.8) is 0 Å². The van der Waals surface area contributed by atoms with Crippen molar-refractivity contribution < 1.29 is 27.4 Å². The largest absolute Gasteiger partial charge is 0.497 e. The number of carbonyl (C=O) groups excluding carboxylic acids is 1. The van der Waals surface area contributed by atoms with Gasteiger partial charge in [0.15, 0.2) is 0 Å². The van der Waals surface area contributed by atoms with Gasteiger partial charge in [0.2, 0.25) is 0 Å². The van der Waals surface area contributed by atoms with E-state index in [1.54, 1.807) is 25.1 Å². The standard InChI is InChI=1S/C18H18F3NO3/c1-11(13-9-8-12(24-2)10-16(13)25-3)22-17(23)14-6-4-5-7-15(14)18(19,20)21/h4-11H,1-3H3,(H,22,23). The van der Waals surface area contributed by atoms with E-state index in [1.807, 2.05) is 0 Å². The molecule has 25 heavy (non-hydrogen) atoms. The molecule has 1 atom stereocenters. The topological polar surface area (TPSA) is 47.6 Å². The third kappa shape index (κ3) is 4.23. The van der Waals surface area contributed by atoms with E-state index in [4.69, 9.17) is 9.47 Å². The van der Waals surface area contributed by atoms with E-state index in [0.717, 1.165) is 12.1 Å². The number of hydrogen-bond donors (Lipinski definition) is 1. The summed E-state index contributed by atoms with van der Waals surface area (Å²) in [7, 11) is 2.97. The van der Waals surface area contributed by atoms with Crippen LogP contribution in [0.3, 0.4) is 0 Å². The molecule has 0 aliphatic carbocycles. The molecule has 2 aromatic rings. The number of nitrogens with one attached hydrogen (secondary N) is 1. The highest BCUT2D eigenvalue weighted by Crippen LogP contribution is 2.33. The van der Waals surface area contributed by atoms with Gasteiger partial charge in [-0.1, -0.05) is 12.1 Å². The van der Waals surface area contributed by atoms with E-state index >= 15 is 0 Å². The van der Waals surface area contributed by atoms with Gasteiger partial charge in [0.1, 0.15) is 11.5 Å². The zero-order valence-corrected chi connectivity index (χ0v) is 14.0. The number of ether oxygens (including phenoxy) is 2. The van der Waals surface area contributed by atoms with Crippen LogP contribution in [-0.2, 0) is 6.18 Å². The van der Waals surface area contributed by atoms with Gasteiger partial charge in [-0.3, -0.25) is 4.79 Å². The molecule has 134 valence electrons. The molecule has 1 N–H and O–H groups in total. The van der Waals surface area contributed by atoms with Crippen LogP contribution in [0, 0.1) is 0 Å². The average Bonchev–Trinajstić information content (AvgIpc) is 2.60. The number of carbonyl (C=O) groups is 1. The fraction of sp³-hybridized carbons (Fsp3) is 0.278. The van der Waals surface area contributed by atoms with Gasteiger partial charge >= 0.3 is 6.18 Å². The highest BCUT2D eigenvalue weighted by atomic mass is 19.4. The van der Waals surface area contributed by atoms with Crippen molar-refractivity contribution >= 4 is 5.91 Å². The summed E-state index contributed by atoms with van der Waals surface area (Å²) in [4.78, 5) is 12.3. The monoisotopic (exact) mass is 353 g/mol. The van der Waals surface area contributed by atoms with E-state index in [0.29, 0.717) is 17.1 Å². The summed E-state index contributed by atoms with van der Waals surface area (Å²) in [5.41, 5.74) is -0.767. The van der Waals surface area contributed by atoms with Crippen LogP contribution in [0.5, 0.6) is 11.5 Å². The van der Waals surface area contributed by atoms with Crippen LogP contribution in [0.1, 0.15) is 34.5 Å². The maximum atomic E-state index is 13.1. The molecular formula is C18H18F3NO3. The Morgan fingerprint density at radius 1 is 1.08 bits per heavy atom. The minimum absolute atomic E-state index is 0.422. The fourth-order valence-corrected chi connectivity index (χ4v) is 2.46. The van der Waals surface area contributed by atoms with Gasteiger partial charge in [0, 0.05) is 11.6 Å². The summed E-state index contributed by atoms with van der Waals surface area (Å²) in [5.74, 6) is 0.232. The lowest BCUT2D eigenvalue weighted by atomic mass is 10.0. The second-order valence-electron chi connectivity index (χ2n) is 5.35. The molecule has 0 saturated carbocycles. The molecule has 0 bridgehead atoms. The molecule has 0 saturated heterocycles. The van der Waals surface area contributed by atoms with Crippen LogP contribution in [0.4, 0.5) is 13.2 Å². The third-order valence-electron chi connectivity index (χ3n) is 3.73. The first kappa shape index (κ1) is 18.6. The average molecular weight is 353 g/mol. The maximum Gasteiger partial charge on any atom is 0.417 e. The summed E-state index contributed by atoms with van der Waals surface area (Å²) in [6, 6.07) is 9.13. The number of benzene rings is 2. The smallest absolute Gasteiger partial charge is 0.417 e. The number of methoxy groups -OCH3 is 2. The Morgan fingerprint density at radius 2 is 1.76 bits per heavy atom. The predicted octanol–water partition coefficient (Wildman–Crippen LogP) is 4.21. The van der Waals surface area contributed by atoms with E-state index in [-0.39, 0.29) is 0 Å². The van der Waals surface area contributed by atoms with Crippen LogP contribution < -0.4 is 14.8 Å². The molecule has 4 nitrogen and oxygen atoms in total. The Bertz CT molecular complexity index is 759. The van der Waals surface area contributed by atoms with Gasteiger partial charge in [0.05, 0.1) is 31.4 Å². The Balaban J connectivity index is 2.27. The molecule has 0 aliphatic heterocycles. The molecule has 1 amide bonds. The van der Waals surface area contributed by atoms with Crippen molar-refractivity contribution in [2.45, 2.75) is 19.1 Å². The fourth-order valence-electron chi connectivity index (χ4n) is 2.46. The molecule has 2 aromatic carbocycles. The first-order valence-electron chi connectivity index (χ1n) is 7.47. The molecule has 0 aliphatic rings. The van der Waals surface area contributed by atoms with Crippen molar-refractivity contribution in [1.29, 1.82) is 0 Å². The van der Waals surface area contributed by atoms with E-state index in [2.05, 4.69) is 5.32 Å². The third-order valence-corrected chi connectivity index (χ3v) is 3.73. The molecule has 0 heterocycles. The zero-order chi connectivity index (χ0) is 18.6. The van der Waals surface area contributed by atoms with Crippen molar-refractivity contribution in [1.82, 2.24) is 5.32 Å². The van der Waals surface area contributed by atoms with E-state index in [1.165, 1.54) is 26.4 Å². The lowest BCUT2D eigenvalue weighted by molar-refractivity contribution is -0.137. The van der Waals surface area contributed by atoms with Crippen LogP contribution >= 0.6 is 0 Å². The highest BCUT2D eigenvalue weighted by Gasteiger charge is 2.35. The summed E-state index contributed by atoms with van der Waals surface area (Å²) >= 11 is 0. The predicted molar refractivity (Wildman–Crippen MR) is 86.9 cm³/mol. The van der Waals surface area contributed by atoms with Crippen LogP contribution in [0.2, 0.25) is 0 Å². The van der Waals surface area contributed by atoms with Crippen molar-refractivity contribution in [2.24, 2.45) is 0 Å². The number of halogens is 3. The number of amides is 1. The van der Waals surface area contributed by atoms with E-state index in [9.17, 15) is 18.0 Å². The summed E-state index contributed by atoms with van der Waals surface area (Å²) < 4.78 is 49.5. The molecule has 0 radical (unpaired) electrons. The molecule has 7 heteroatoms. The second kappa shape index (κ2) is 7.46. The maximum absolute atomic E-state index is 13.1. The van der Waals surface area contributed by atoms with Crippen molar-refractivity contribution in [3.05, 3.63) is 59.2 Å². The van der Waals surface area contributed by atoms with Crippen LogP contribution in [-0.4, -0.2) is 20.1 Å². The minimum atomic E-state index is -4.60. The van der Waals surface area contributed by atoms with Gasteiger partial charge < -0.3 is 14.8 Å². The van der Waals surface area contributed by atoms with Crippen LogP contribution in [0.25, 0.3) is 0 Å². The van der Waals surface area contributed by atoms with Gasteiger partial charge in [-0.05, 0) is 31.2 Å². The summed E-state index contributed by atoms with van der Waals surface area (Å²) in [6.45, 7) is 1.67. The second-order valence-corrected chi connectivity index (χ2v) is 5.35. The number of alkyl halides is 3. The summed E-state index contributed by atoms with van der Waals surface area (Å²) in [6.07, 6.45) is -4.60. The first-order valence-corrected chi connectivity index (χ1v) is 7.47. The normalized spacial score (nSPS) is 12.4. The molecular weight excluding hydrogens is 335 g/mol. The number of hydrogen-bond acceptors (Lipinski definition) is 3. The first-order chi connectivity index (χ1) is 11.8. The minimum Gasteiger partial charge on any atom is -0.497 e. The van der Waals surface area contributed by atoms with Gasteiger partial charge in [-0.25, -0.2) is 0 Å². The Hall–Kier alpha value is -2.70. The molecule has 0 spiro atoms. The lowest BCUT2D eigenvalue weighted by Crippen LogP contribution is -2.29. The van der Waals surface area contributed by atoms with Gasteiger partial charge in [-0.2, -0.15) is 13.2 Å².